The number of methoxy groups -OCH3 is 1. The van der Waals surface area contributed by atoms with Gasteiger partial charge in [0, 0.05) is 36.1 Å². The second-order valence-corrected chi connectivity index (χ2v) is 7.26. The summed E-state index contributed by atoms with van der Waals surface area (Å²) in [6.07, 6.45) is 0. The standard InChI is InChI=1S/C19H18N4O5S/c1-22-18(15-5-3-4-6-16(15)26-2)20-21-19(22)29-10-13-8-14(23(24)25)7-12-9-27-11-28-17(12)13/h3-8H,9-11H2,1-2H3. The molecular weight excluding hydrogens is 396 g/mol. The molecule has 0 unspecified atom stereocenters. The van der Waals surface area contributed by atoms with Crippen molar-refractivity contribution in [3.05, 3.63) is 57.6 Å². The summed E-state index contributed by atoms with van der Waals surface area (Å²) in [5, 5.41) is 20.5. The number of thioether (sulfide) groups is 1. The molecule has 0 fully saturated rings. The lowest BCUT2D eigenvalue weighted by molar-refractivity contribution is -0.385. The van der Waals surface area contributed by atoms with Gasteiger partial charge in [-0.3, -0.25) is 10.1 Å². The molecule has 150 valence electrons. The van der Waals surface area contributed by atoms with E-state index in [0.717, 1.165) is 11.1 Å². The lowest BCUT2D eigenvalue weighted by Gasteiger charge is -2.20. The Labute approximate surface area is 170 Å². The van der Waals surface area contributed by atoms with Crippen molar-refractivity contribution in [2.24, 2.45) is 7.05 Å². The molecule has 0 N–H and O–H groups in total. The maximum absolute atomic E-state index is 11.3. The minimum Gasteiger partial charge on any atom is -0.496 e. The van der Waals surface area contributed by atoms with Crippen LogP contribution in [-0.4, -0.2) is 33.6 Å². The maximum atomic E-state index is 11.3. The molecule has 0 radical (unpaired) electrons. The van der Waals surface area contributed by atoms with E-state index in [9.17, 15) is 10.1 Å². The summed E-state index contributed by atoms with van der Waals surface area (Å²) in [4.78, 5) is 10.9. The number of para-hydroxylation sites is 1. The molecule has 2 heterocycles. The molecule has 1 aromatic heterocycles. The SMILES string of the molecule is COc1ccccc1-c1nnc(SCc2cc([N+](=O)[O-])cc3c2OCOC3)n1C. The topological polar surface area (TPSA) is 102 Å². The number of rotatable bonds is 6. The predicted molar refractivity (Wildman–Crippen MR) is 106 cm³/mol. The first-order valence-electron chi connectivity index (χ1n) is 8.74. The first kappa shape index (κ1) is 19.2. The van der Waals surface area contributed by atoms with Crippen LogP contribution in [0.4, 0.5) is 5.69 Å². The summed E-state index contributed by atoms with van der Waals surface area (Å²) in [6, 6.07) is 10.6. The Morgan fingerprint density at radius 2 is 2.14 bits per heavy atom. The van der Waals surface area contributed by atoms with Crippen LogP contribution in [0.2, 0.25) is 0 Å². The molecular formula is C19H18N4O5S. The first-order chi connectivity index (χ1) is 14.1. The Kier molecular flexibility index (Phi) is 5.36. The van der Waals surface area contributed by atoms with E-state index in [1.54, 1.807) is 7.11 Å². The van der Waals surface area contributed by atoms with Gasteiger partial charge in [0.25, 0.3) is 5.69 Å². The molecule has 0 aliphatic carbocycles. The molecule has 9 nitrogen and oxygen atoms in total. The Balaban J connectivity index is 1.61. The molecule has 0 saturated carbocycles. The zero-order valence-electron chi connectivity index (χ0n) is 15.8. The van der Waals surface area contributed by atoms with Crippen molar-refractivity contribution in [3.63, 3.8) is 0 Å². The third-order valence-corrected chi connectivity index (χ3v) is 5.59. The van der Waals surface area contributed by atoms with Crippen LogP contribution < -0.4 is 9.47 Å². The number of fused-ring (bicyclic) bond motifs is 1. The highest BCUT2D eigenvalue weighted by Gasteiger charge is 2.22. The van der Waals surface area contributed by atoms with Crippen molar-refractivity contribution in [3.8, 4) is 22.9 Å². The van der Waals surface area contributed by atoms with Crippen LogP contribution in [0.5, 0.6) is 11.5 Å². The Bertz CT molecular complexity index is 1070. The van der Waals surface area contributed by atoms with Crippen LogP contribution in [0, 0.1) is 10.1 Å². The van der Waals surface area contributed by atoms with Crippen LogP contribution in [0.15, 0.2) is 41.6 Å². The second-order valence-electron chi connectivity index (χ2n) is 6.32. The molecule has 0 atom stereocenters. The predicted octanol–water partition coefficient (Wildman–Crippen LogP) is 3.56. The lowest BCUT2D eigenvalue weighted by atomic mass is 10.1. The molecule has 0 saturated heterocycles. The van der Waals surface area contributed by atoms with Gasteiger partial charge in [0.05, 0.1) is 24.2 Å². The van der Waals surface area contributed by atoms with E-state index in [0.29, 0.717) is 33.8 Å². The number of aromatic nitrogens is 3. The van der Waals surface area contributed by atoms with Crippen molar-refractivity contribution < 1.29 is 19.1 Å². The molecule has 29 heavy (non-hydrogen) atoms. The first-order valence-corrected chi connectivity index (χ1v) is 9.73. The Hall–Kier alpha value is -3.11. The van der Waals surface area contributed by atoms with Crippen molar-refractivity contribution in [1.82, 2.24) is 14.8 Å². The van der Waals surface area contributed by atoms with E-state index in [1.165, 1.54) is 23.9 Å². The normalized spacial score (nSPS) is 12.9. The van der Waals surface area contributed by atoms with Gasteiger partial charge in [0.1, 0.15) is 11.5 Å². The maximum Gasteiger partial charge on any atom is 0.270 e. The zero-order chi connectivity index (χ0) is 20.4. The summed E-state index contributed by atoms with van der Waals surface area (Å²) in [6.45, 7) is 0.418. The summed E-state index contributed by atoms with van der Waals surface area (Å²) >= 11 is 1.43. The van der Waals surface area contributed by atoms with E-state index in [2.05, 4.69) is 10.2 Å². The average molecular weight is 414 g/mol. The van der Waals surface area contributed by atoms with Gasteiger partial charge in [-0.25, -0.2) is 0 Å². The van der Waals surface area contributed by atoms with E-state index < -0.39 is 4.92 Å². The molecule has 0 bridgehead atoms. The fraction of sp³-hybridized carbons (Fsp3) is 0.263. The minimum atomic E-state index is -0.412. The minimum absolute atomic E-state index is 0.0149. The van der Waals surface area contributed by atoms with Gasteiger partial charge in [0.15, 0.2) is 17.8 Å². The summed E-state index contributed by atoms with van der Waals surface area (Å²) in [5.74, 6) is 2.47. The summed E-state index contributed by atoms with van der Waals surface area (Å²) < 4.78 is 18.1. The van der Waals surface area contributed by atoms with Crippen molar-refractivity contribution in [1.29, 1.82) is 0 Å². The molecule has 4 rings (SSSR count). The number of hydrogen-bond donors (Lipinski definition) is 0. The van der Waals surface area contributed by atoms with E-state index in [1.807, 2.05) is 35.9 Å². The second kappa shape index (κ2) is 8.10. The van der Waals surface area contributed by atoms with E-state index >= 15 is 0 Å². The quantitative estimate of drug-likeness (QED) is 0.343. The smallest absolute Gasteiger partial charge is 0.270 e. The lowest BCUT2D eigenvalue weighted by Crippen LogP contribution is -2.13. The van der Waals surface area contributed by atoms with Crippen LogP contribution >= 0.6 is 11.8 Å². The molecule has 1 aliphatic rings. The molecule has 0 spiro atoms. The number of nitro benzene ring substituents is 1. The molecule has 0 amide bonds. The molecule has 2 aromatic carbocycles. The van der Waals surface area contributed by atoms with E-state index in [-0.39, 0.29) is 19.1 Å². The zero-order valence-corrected chi connectivity index (χ0v) is 16.6. The number of non-ortho nitro benzene ring substituents is 1. The van der Waals surface area contributed by atoms with Crippen molar-refractivity contribution >= 4 is 17.4 Å². The van der Waals surface area contributed by atoms with Gasteiger partial charge in [-0.2, -0.15) is 0 Å². The largest absolute Gasteiger partial charge is 0.496 e. The Morgan fingerprint density at radius 3 is 2.93 bits per heavy atom. The molecule has 3 aromatic rings. The van der Waals surface area contributed by atoms with Gasteiger partial charge in [-0.15, -0.1) is 10.2 Å². The number of hydrogen-bond acceptors (Lipinski definition) is 8. The molecule has 1 aliphatic heterocycles. The third kappa shape index (κ3) is 3.76. The number of nitro groups is 1. The number of nitrogens with zero attached hydrogens (tertiary/aromatic N) is 4. The van der Waals surface area contributed by atoms with Crippen LogP contribution in [0.3, 0.4) is 0 Å². The fourth-order valence-electron chi connectivity index (χ4n) is 3.14. The highest BCUT2D eigenvalue weighted by Crippen LogP contribution is 2.37. The third-order valence-electron chi connectivity index (χ3n) is 4.52. The highest BCUT2D eigenvalue weighted by molar-refractivity contribution is 7.98. The van der Waals surface area contributed by atoms with Gasteiger partial charge in [0.2, 0.25) is 0 Å². The van der Waals surface area contributed by atoms with Gasteiger partial charge in [-0.05, 0) is 12.1 Å². The number of ether oxygens (including phenoxy) is 3. The van der Waals surface area contributed by atoms with Gasteiger partial charge < -0.3 is 18.8 Å². The van der Waals surface area contributed by atoms with Crippen LogP contribution in [0.25, 0.3) is 11.4 Å². The summed E-state index contributed by atoms with van der Waals surface area (Å²) in [5.41, 5.74) is 2.25. The van der Waals surface area contributed by atoms with Crippen LogP contribution in [0.1, 0.15) is 11.1 Å². The fourth-order valence-corrected chi connectivity index (χ4v) is 4.02. The Morgan fingerprint density at radius 1 is 1.31 bits per heavy atom. The van der Waals surface area contributed by atoms with Gasteiger partial charge >= 0.3 is 0 Å². The monoisotopic (exact) mass is 414 g/mol. The van der Waals surface area contributed by atoms with Crippen LogP contribution in [-0.2, 0) is 24.1 Å². The van der Waals surface area contributed by atoms with E-state index in [4.69, 9.17) is 14.2 Å². The van der Waals surface area contributed by atoms with Crippen molar-refractivity contribution in [2.75, 3.05) is 13.9 Å². The summed E-state index contributed by atoms with van der Waals surface area (Å²) in [7, 11) is 3.48. The average Bonchev–Trinajstić information content (AvgIpc) is 3.11. The number of benzene rings is 2. The van der Waals surface area contributed by atoms with Gasteiger partial charge in [-0.1, -0.05) is 23.9 Å². The molecule has 10 heteroatoms. The van der Waals surface area contributed by atoms with Crippen molar-refractivity contribution in [2.45, 2.75) is 17.5 Å². The highest BCUT2D eigenvalue weighted by atomic mass is 32.2.